The zero-order chi connectivity index (χ0) is 11.1. The van der Waals surface area contributed by atoms with Crippen LogP contribution in [0.15, 0.2) is 0 Å². The van der Waals surface area contributed by atoms with Crippen molar-refractivity contribution in [2.45, 2.75) is 58.3 Å². The van der Waals surface area contributed by atoms with Gasteiger partial charge < -0.3 is 4.74 Å². The zero-order valence-corrected chi connectivity index (χ0v) is 9.46. The molecule has 0 unspecified atom stereocenters. The van der Waals surface area contributed by atoms with Gasteiger partial charge in [0.1, 0.15) is 0 Å². The molecule has 3 nitrogen and oxygen atoms in total. The van der Waals surface area contributed by atoms with Gasteiger partial charge in [-0.1, -0.05) is 32.6 Å². The van der Waals surface area contributed by atoms with E-state index in [-0.39, 0.29) is 17.9 Å². The van der Waals surface area contributed by atoms with Gasteiger partial charge >= 0.3 is 11.9 Å². The molecular formula is C12H20O3. The van der Waals surface area contributed by atoms with Gasteiger partial charge in [0.2, 0.25) is 0 Å². The molecule has 0 aromatic carbocycles. The maximum absolute atomic E-state index is 11.5. The second-order valence-corrected chi connectivity index (χ2v) is 4.23. The van der Waals surface area contributed by atoms with E-state index < -0.39 is 0 Å². The third-order valence-electron chi connectivity index (χ3n) is 2.89. The molecule has 0 amide bonds. The average molecular weight is 212 g/mol. The molecule has 1 saturated carbocycles. The largest absolute Gasteiger partial charge is 0.393 e. The van der Waals surface area contributed by atoms with Gasteiger partial charge in [-0.05, 0) is 19.3 Å². The van der Waals surface area contributed by atoms with Crippen LogP contribution in [-0.4, -0.2) is 11.9 Å². The van der Waals surface area contributed by atoms with Crippen LogP contribution in [0.5, 0.6) is 0 Å². The minimum atomic E-state index is -0.354. The Hall–Kier alpha value is -0.860. The summed E-state index contributed by atoms with van der Waals surface area (Å²) < 4.78 is 4.81. The minimum absolute atomic E-state index is 0.0238. The smallest absolute Gasteiger partial charge is 0.316 e. The van der Waals surface area contributed by atoms with Crippen LogP contribution in [0.1, 0.15) is 58.3 Å². The third kappa shape index (κ3) is 4.45. The molecule has 0 radical (unpaired) electrons. The van der Waals surface area contributed by atoms with Gasteiger partial charge in [0.25, 0.3) is 0 Å². The predicted octanol–water partition coefficient (Wildman–Crippen LogP) is 2.83. The van der Waals surface area contributed by atoms with Crippen molar-refractivity contribution in [3.8, 4) is 0 Å². The normalized spacial score (nSPS) is 17.4. The van der Waals surface area contributed by atoms with Gasteiger partial charge in [-0.15, -0.1) is 0 Å². The summed E-state index contributed by atoms with van der Waals surface area (Å²) >= 11 is 0. The van der Waals surface area contributed by atoms with E-state index in [0.717, 1.165) is 38.5 Å². The molecule has 0 saturated heterocycles. The molecule has 0 aliphatic heterocycles. The Morgan fingerprint density at radius 1 is 1.20 bits per heavy atom. The van der Waals surface area contributed by atoms with Crippen LogP contribution < -0.4 is 0 Å². The summed E-state index contributed by atoms with van der Waals surface area (Å²) in [6.45, 7) is 2.01. The lowest BCUT2D eigenvalue weighted by atomic mass is 9.89. The van der Waals surface area contributed by atoms with Gasteiger partial charge in [-0.25, -0.2) is 0 Å². The third-order valence-corrected chi connectivity index (χ3v) is 2.89. The van der Waals surface area contributed by atoms with Crippen LogP contribution in [-0.2, 0) is 14.3 Å². The molecule has 0 heterocycles. The predicted molar refractivity (Wildman–Crippen MR) is 57.2 cm³/mol. The second kappa shape index (κ2) is 6.59. The SMILES string of the molecule is CCCCC(=O)OC(=O)C1CCCCC1. The maximum Gasteiger partial charge on any atom is 0.316 e. The van der Waals surface area contributed by atoms with Crippen LogP contribution >= 0.6 is 0 Å². The summed E-state index contributed by atoms with van der Waals surface area (Å²) in [5.41, 5.74) is 0. The van der Waals surface area contributed by atoms with Gasteiger partial charge in [-0.3, -0.25) is 9.59 Å². The van der Waals surface area contributed by atoms with Crippen molar-refractivity contribution in [2.75, 3.05) is 0 Å². The number of rotatable bonds is 4. The van der Waals surface area contributed by atoms with E-state index >= 15 is 0 Å². The van der Waals surface area contributed by atoms with Gasteiger partial charge in [0, 0.05) is 6.42 Å². The Balaban J connectivity index is 2.24. The summed E-state index contributed by atoms with van der Waals surface area (Å²) in [4.78, 5) is 22.7. The first-order valence-corrected chi connectivity index (χ1v) is 5.98. The Bertz CT molecular complexity index is 217. The van der Waals surface area contributed by atoms with Crippen molar-refractivity contribution in [1.82, 2.24) is 0 Å². The monoisotopic (exact) mass is 212 g/mol. The summed E-state index contributed by atoms with van der Waals surface area (Å²) in [6.07, 6.45) is 7.28. The second-order valence-electron chi connectivity index (χ2n) is 4.23. The number of carbonyl (C=O) groups is 2. The molecule has 0 bridgehead atoms. The highest BCUT2D eigenvalue weighted by Crippen LogP contribution is 2.24. The van der Waals surface area contributed by atoms with E-state index in [0.29, 0.717) is 6.42 Å². The summed E-state index contributed by atoms with van der Waals surface area (Å²) in [6, 6.07) is 0. The lowest BCUT2D eigenvalue weighted by Gasteiger charge is -2.19. The van der Waals surface area contributed by atoms with Crippen LogP contribution in [0, 0.1) is 5.92 Å². The highest BCUT2D eigenvalue weighted by Gasteiger charge is 2.24. The fourth-order valence-electron chi connectivity index (χ4n) is 1.91. The molecule has 0 aromatic heterocycles. The molecule has 0 spiro atoms. The lowest BCUT2D eigenvalue weighted by molar-refractivity contribution is -0.163. The summed E-state index contributed by atoms with van der Waals surface area (Å²) in [5, 5.41) is 0. The highest BCUT2D eigenvalue weighted by atomic mass is 16.6. The summed E-state index contributed by atoms with van der Waals surface area (Å²) in [7, 11) is 0. The first kappa shape index (κ1) is 12.2. The Kier molecular flexibility index (Phi) is 5.37. The number of unbranched alkanes of at least 4 members (excludes halogenated alkanes) is 1. The molecule has 3 heteroatoms. The zero-order valence-electron chi connectivity index (χ0n) is 9.46. The Morgan fingerprint density at radius 3 is 2.47 bits per heavy atom. The Morgan fingerprint density at radius 2 is 1.87 bits per heavy atom. The van der Waals surface area contributed by atoms with Crippen LogP contribution in [0.3, 0.4) is 0 Å². The molecule has 0 N–H and O–H groups in total. The van der Waals surface area contributed by atoms with Crippen molar-refractivity contribution in [3.05, 3.63) is 0 Å². The minimum Gasteiger partial charge on any atom is -0.393 e. The average Bonchev–Trinajstić information content (AvgIpc) is 2.27. The van der Waals surface area contributed by atoms with E-state index in [2.05, 4.69) is 0 Å². The van der Waals surface area contributed by atoms with Crippen molar-refractivity contribution in [2.24, 2.45) is 5.92 Å². The van der Waals surface area contributed by atoms with Gasteiger partial charge in [-0.2, -0.15) is 0 Å². The summed E-state index contributed by atoms with van der Waals surface area (Å²) in [5.74, 6) is -0.674. The number of ether oxygens (including phenoxy) is 1. The quantitative estimate of drug-likeness (QED) is 0.531. The van der Waals surface area contributed by atoms with Crippen LogP contribution in [0.25, 0.3) is 0 Å². The standard InChI is InChI=1S/C12H20O3/c1-2-3-9-11(13)15-12(14)10-7-5-4-6-8-10/h10H,2-9H2,1H3. The molecule has 1 fully saturated rings. The molecular weight excluding hydrogens is 192 g/mol. The lowest BCUT2D eigenvalue weighted by Crippen LogP contribution is -2.23. The maximum atomic E-state index is 11.5. The first-order chi connectivity index (χ1) is 7.24. The molecule has 1 aliphatic carbocycles. The first-order valence-electron chi connectivity index (χ1n) is 5.98. The topological polar surface area (TPSA) is 43.4 Å². The van der Waals surface area contributed by atoms with Gasteiger partial charge in [0.05, 0.1) is 5.92 Å². The van der Waals surface area contributed by atoms with E-state index in [1.54, 1.807) is 0 Å². The molecule has 86 valence electrons. The Labute approximate surface area is 91.2 Å². The van der Waals surface area contributed by atoms with Crippen LogP contribution in [0.2, 0.25) is 0 Å². The van der Waals surface area contributed by atoms with E-state index in [1.165, 1.54) is 6.42 Å². The van der Waals surface area contributed by atoms with Crippen LogP contribution in [0.4, 0.5) is 0 Å². The van der Waals surface area contributed by atoms with E-state index in [9.17, 15) is 9.59 Å². The molecule has 0 atom stereocenters. The number of esters is 2. The van der Waals surface area contributed by atoms with Crippen molar-refractivity contribution >= 4 is 11.9 Å². The highest BCUT2D eigenvalue weighted by molar-refractivity contribution is 5.86. The molecule has 0 aromatic rings. The fraction of sp³-hybridized carbons (Fsp3) is 0.833. The van der Waals surface area contributed by atoms with Crippen molar-refractivity contribution < 1.29 is 14.3 Å². The fourth-order valence-corrected chi connectivity index (χ4v) is 1.91. The van der Waals surface area contributed by atoms with E-state index in [4.69, 9.17) is 4.74 Å². The number of hydrogen-bond acceptors (Lipinski definition) is 3. The molecule has 1 aliphatic rings. The van der Waals surface area contributed by atoms with Gasteiger partial charge in [0.15, 0.2) is 0 Å². The number of hydrogen-bond donors (Lipinski definition) is 0. The van der Waals surface area contributed by atoms with Crippen molar-refractivity contribution in [3.63, 3.8) is 0 Å². The molecule has 1 rings (SSSR count). The number of carbonyl (C=O) groups excluding carboxylic acids is 2. The van der Waals surface area contributed by atoms with E-state index in [1.807, 2.05) is 6.92 Å². The molecule has 15 heavy (non-hydrogen) atoms. The van der Waals surface area contributed by atoms with Crippen molar-refractivity contribution in [1.29, 1.82) is 0 Å².